The predicted molar refractivity (Wildman–Crippen MR) is 82.8 cm³/mol. The van der Waals surface area contributed by atoms with E-state index < -0.39 is 0 Å². The van der Waals surface area contributed by atoms with Crippen LogP contribution in [-0.2, 0) is 0 Å². The third-order valence-electron chi connectivity index (χ3n) is 4.81. The second kappa shape index (κ2) is 6.25. The van der Waals surface area contributed by atoms with Crippen LogP contribution in [0.3, 0.4) is 0 Å². The van der Waals surface area contributed by atoms with Crippen molar-refractivity contribution in [3.63, 3.8) is 0 Å². The van der Waals surface area contributed by atoms with Gasteiger partial charge in [-0.05, 0) is 43.3 Å². The van der Waals surface area contributed by atoms with Crippen LogP contribution in [0.5, 0.6) is 0 Å². The van der Waals surface area contributed by atoms with Crippen LogP contribution < -0.4 is 5.32 Å². The van der Waals surface area contributed by atoms with Crippen molar-refractivity contribution in [3.8, 4) is 0 Å². The van der Waals surface area contributed by atoms with E-state index in [2.05, 4.69) is 47.5 Å². The fourth-order valence-electron chi connectivity index (χ4n) is 3.76. The van der Waals surface area contributed by atoms with Gasteiger partial charge in [0.05, 0.1) is 0 Å². The number of rotatable bonds is 3. The second-order valence-electron chi connectivity index (χ2n) is 5.98. The Morgan fingerprint density at radius 3 is 2.68 bits per heavy atom. The molecule has 0 aliphatic carbocycles. The molecule has 3 rings (SSSR count). The molecule has 1 aromatic rings. The van der Waals surface area contributed by atoms with Gasteiger partial charge in [0, 0.05) is 19.1 Å². The van der Waals surface area contributed by atoms with Gasteiger partial charge in [-0.3, -0.25) is 4.90 Å². The first-order valence-corrected chi connectivity index (χ1v) is 7.33. The Hall–Kier alpha value is -0.570. The Morgan fingerprint density at radius 1 is 1.26 bits per heavy atom. The van der Waals surface area contributed by atoms with Crippen molar-refractivity contribution in [2.24, 2.45) is 5.41 Å². The van der Waals surface area contributed by atoms with Crippen LogP contribution in [-0.4, -0.2) is 31.1 Å². The summed E-state index contributed by atoms with van der Waals surface area (Å²) in [6, 6.07) is 11.6. The maximum atomic E-state index is 3.55. The number of halogens is 1. The van der Waals surface area contributed by atoms with Gasteiger partial charge < -0.3 is 5.32 Å². The SMILES string of the molecule is CCC(c1ccccc1)N1CCC2(CCNC2)C1.Cl. The van der Waals surface area contributed by atoms with Crippen LogP contribution in [0.2, 0.25) is 0 Å². The van der Waals surface area contributed by atoms with Crippen LogP contribution in [0, 0.1) is 5.41 Å². The van der Waals surface area contributed by atoms with E-state index in [0.717, 1.165) is 0 Å². The number of hydrogen-bond acceptors (Lipinski definition) is 2. The highest BCUT2D eigenvalue weighted by Crippen LogP contribution is 2.40. The quantitative estimate of drug-likeness (QED) is 0.914. The third kappa shape index (κ3) is 2.96. The fourth-order valence-corrected chi connectivity index (χ4v) is 3.76. The molecule has 2 unspecified atom stereocenters. The number of nitrogens with zero attached hydrogens (tertiary/aromatic N) is 1. The molecule has 2 aliphatic heterocycles. The normalized spacial score (nSPS) is 28.5. The Morgan fingerprint density at radius 2 is 2.05 bits per heavy atom. The molecule has 1 N–H and O–H groups in total. The van der Waals surface area contributed by atoms with Gasteiger partial charge in [0.2, 0.25) is 0 Å². The molecule has 2 aliphatic rings. The first kappa shape index (κ1) is 14.8. The topological polar surface area (TPSA) is 15.3 Å². The van der Waals surface area contributed by atoms with Crippen LogP contribution in [0.15, 0.2) is 30.3 Å². The number of nitrogens with one attached hydrogen (secondary N) is 1. The van der Waals surface area contributed by atoms with Crippen LogP contribution in [0.25, 0.3) is 0 Å². The van der Waals surface area contributed by atoms with Gasteiger partial charge in [0.1, 0.15) is 0 Å². The molecule has 0 radical (unpaired) electrons. The molecule has 0 amide bonds. The molecule has 2 saturated heterocycles. The van der Waals surface area contributed by atoms with Crippen molar-refractivity contribution >= 4 is 12.4 Å². The van der Waals surface area contributed by atoms with E-state index in [1.165, 1.54) is 51.0 Å². The molecule has 19 heavy (non-hydrogen) atoms. The molecule has 2 atom stereocenters. The van der Waals surface area contributed by atoms with Gasteiger partial charge in [-0.1, -0.05) is 37.3 Å². The first-order chi connectivity index (χ1) is 8.83. The van der Waals surface area contributed by atoms with E-state index in [1.54, 1.807) is 0 Å². The van der Waals surface area contributed by atoms with E-state index >= 15 is 0 Å². The first-order valence-electron chi connectivity index (χ1n) is 7.33. The molecule has 2 heterocycles. The average Bonchev–Trinajstić information content (AvgIpc) is 3.03. The summed E-state index contributed by atoms with van der Waals surface area (Å²) in [7, 11) is 0. The maximum Gasteiger partial charge on any atom is 0.0345 e. The smallest absolute Gasteiger partial charge is 0.0345 e. The van der Waals surface area contributed by atoms with E-state index in [9.17, 15) is 0 Å². The molecule has 2 fully saturated rings. The number of likely N-dealkylation sites (tertiary alicyclic amines) is 1. The van der Waals surface area contributed by atoms with Crippen molar-refractivity contribution in [2.45, 2.75) is 32.2 Å². The van der Waals surface area contributed by atoms with E-state index in [4.69, 9.17) is 0 Å². The Bertz CT molecular complexity index is 387. The Balaban J connectivity index is 0.00000133. The highest BCUT2D eigenvalue weighted by atomic mass is 35.5. The van der Waals surface area contributed by atoms with Crippen molar-refractivity contribution in [1.82, 2.24) is 10.2 Å². The zero-order chi connectivity index (χ0) is 12.4. The molecule has 3 heteroatoms. The van der Waals surface area contributed by atoms with Gasteiger partial charge in [-0.15, -0.1) is 12.4 Å². The van der Waals surface area contributed by atoms with Gasteiger partial charge >= 0.3 is 0 Å². The summed E-state index contributed by atoms with van der Waals surface area (Å²) < 4.78 is 0. The van der Waals surface area contributed by atoms with Gasteiger partial charge in [0.25, 0.3) is 0 Å². The highest BCUT2D eigenvalue weighted by molar-refractivity contribution is 5.85. The molecule has 0 bridgehead atoms. The zero-order valence-corrected chi connectivity index (χ0v) is 12.6. The monoisotopic (exact) mass is 280 g/mol. The molecule has 1 spiro atoms. The molecule has 1 aromatic carbocycles. The zero-order valence-electron chi connectivity index (χ0n) is 11.8. The lowest BCUT2D eigenvalue weighted by atomic mass is 9.86. The van der Waals surface area contributed by atoms with E-state index in [1.807, 2.05) is 0 Å². The van der Waals surface area contributed by atoms with Crippen molar-refractivity contribution in [2.75, 3.05) is 26.2 Å². The highest BCUT2D eigenvalue weighted by Gasteiger charge is 2.41. The molecular formula is C16H25ClN2. The molecule has 0 saturated carbocycles. The van der Waals surface area contributed by atoms with Crippen LogP contribution in [0.1, 0.15) is 37.8 Å². The average molecular weight is 281 g/mol. The summed E-state index contributed by atoms with van der Waals surface area (Å²) in [5.41, 5.74) is 2.07. The minimum Gasteiger partial charge on any atom is -0.316 e. The minimum absolute atomic E-state index is 0. The number of benzene rings is 1. The molecule has 0 aromatic heterocycles. The molecule has 2 nitrogen and oxygen atoms in total. The summed E-state index contributed by atoms with van der Waals surface area (Å²) in [5.74, 6) is 0. The van der Waals surface area contributed by atoms with Gasteiger partial charge in [0.15, 0.2) is 0 Å². The van der Waals surface area contributed by atoms with Crippen molar-refractivity contribution in [3.05, 3.63) is 35.9 Å². The summed E-state index contributed by atoms with van der Waals surface area (Å²) in [6.07, 6.45) is 3.96. The van der Waals surface area contributed by atoms with E-state index in [0.29, 0.717) is 11.5 Å². The van der Waals surface area contributed by atoms with Crippen molar-refractivity contribution in [1.29, 1.82) is 0 Å². The number of hydrogen-bond donors (Lipinski definition) is 1. The molecule has 106 valence electrons. The Labute approximate surface area is 123 Å². The summed E-state index contributed by atoms with van der Waals surface area (Å²) in [5, 5.41) is 3.55. The lowest BCUT2D eigenvalue weighted by molar-refractivity contribution is 0.206. The largest absolute Gasteiger partial charge is 0.316 e. The van der Waals surface area contributed by atoms with Gasteiger partial charge in [-0.25, -0.2) is 0 Å². The summed E-state index contributed by atoms with van der Waals surface area (Å²) in [6.45, 7) is 7.32. The van der Waals surface area contributed by atoms with Crippen molar-refractivity contribution < 1.29 is 0 Å². The molecular weight excluding hydrogens is 256 g/mol. The van der Waals surface area contributed by atoms with Gasteiger partial charge in [-0.2, -0.15) is 0 Å². The minimum atomic E-state index is 0. The van der Waals surface area contributed by atoms with E-state index in [-0.39, 0.29) is 12.4 Å². The lowest BCUT2D eigenvalue weighted by Crippen LogP contribution is -2.31. The fraction of sp³-hybridized carbons (Fsp3) is 0.625. The Kier molecular flexibility index (Phi) is 4.88. The predicted octanol–water partition coefficient (Wildman–Crippen LogP) is 3.24. The van der Waals surface area contributed by atoms with Crippen LogP contribution >= 0.6 is 12.4 Å². The summed E-state index contributed by atoms with van der Waals surface area (Å²) >= 11 is 0. The standard InChI is InChI=1S/C16H24N2.ClH/c1-2-15(14-6-4-3-5-7-14)18-11-9-16(13-18)8-10-17-12-16;/h3-7,15,17H,2,8-13H2,1H3;1H. The van der Waals surface area contributed by atoms with Crippen LogP contribution in [0.4, 0.5) is 0 Å². The maximum absolute atomic E-state index is 3.55. The third-order valence-corrected chi connectivity index (χ3v) is 4.81. The summed E-state index contributed by atoms with van der Waals surface area (Å²) in [4.78, 5) is 2.71. The lowest BCUT2D eigenvalue weighted by Gasteiger charge is -2.29. The second-order valence-corrected chi connectivity index (χ2v) is 5.98.